The molecule has 0 spiro atoms. The average molecular weight is 507 g/mol. The number of hydrogen-bond donors (Lipinski definition) is 0. The Morgan fingerprint density at radius 1 is 0.875 bits per heavy atom. The number of aromatic nitrogens is 1. The maximum Gasteiger partial charge on any atom is 0.254 e. The van der Waals surface area contributed by atoms with Gasteiger partial charge in [0.2, 0.25) is 0 Å². The van der Waals surface area contributed by atoms with Crippen LogP contribution in [0.25, 0.3) is 22.2 Å². The molecular formula is C26H21BrClN3O. The largest absolute Gasteiger partial charge is 0.368 e. The molecule has 1 aromatic heterocycles. The normalized spacial score (nSPS) is 14.1. The maximum atomic E-state index is 13.6. The third-order valence-corrected chi connectivity index (χ3v) is 6.54. The Balaban J connectivity index is 1.44. The molecule has 0 unspecified atom stereocenters. The van der Waals surface area contributed by atoms with Crippen LogP contribution < -0.4 is 4.90 Å². The minimum atomic E-state index is 0.0468. The van der Waals surface area contributed by atoms with E-state index in [0.29, 0.717) is 18.7 Å². The number of rotatable bonds is 3. The van der Waals surface area contributed by atoms with E-state index in [1.165, 1.54) is 0 Å². The highest BCUT2D eigenvalue weighted by Gasteiger charge is 2.24. The summed E-state index contributed by atoms with van der Waals surface area (Å²) in [6, 6.07) is 25.6. The molecule has 0 saturated carbocycles. The van der Waals surface area contributed by atoms with E-state index in [1.807, 2.05) is 77.7 Å². The van der Waals surface area contributed by atoms with Gasteiger partial charge in [0.15, 0.2) is 0 Å². The first-order valence-corrected chi connectivity index (χ1v) is 11.7. The minimum Gasteiger partial charge on any atom is -0.368 e. The summed E-state index contributed by atoms with van der Waals surface area (Å²) < 4.78 is 0.981. The SMILES string of the molecule is O=C(c1cc(-c2cccc(Br)c2)nc2ccccc12)N1CCN(c2cccc(Cl)c2)CC1. The summed E-state index contributed by atoms with van der Waals surface area (Å²) in [4.78, 5) is 22.6. The van der Waals surface area contributed by atoms with Gasteiger partial charge in [0.25, 0.3) is 5.91 Å². The van der Waals surface area contributed by atoms with Crippen molar-refractivity contribution >= 4 is 50.0 Å². The van der Waals surface area contributed by atoms with Gasteiger partial charge in [-0.3, -0.25) is 4.79 Å². The van der Waals surface area contributed by atoms with Crippen LogP contribution >= 0.6 is 27.5 Å². The van der Waals surface area contributed by atoms with Crippen molar-refractivity contribution < 1.29 is 4.79 Å². The van der Waals surface area contributed by atoms with Crippen LogP contribution in [0.2, 0.25) is 5.02 Å². The van der Waals surface area contributed by atoms with Crippen LogP contribution in [0, 0.1) is 0 Å². The predicted octanol–water partition coefficient (Wildman–Crippen LogP) is 6.28. The fraction of sp³-hybridized carbons (Fsp3) is 0.154. The van der Waals surface area contributed by atoms with Crippen LogP contribution in [0.5, 0.6) is 0 Å². The molecule has 3 aromatic carbocycles. The lowest BCUT2D eigenvalue weighted by atomic mass is 10.0. The molecule has 4 nitrogen and oxygen atoms in total. The van der Waals surface area contributed by atoms with Gasteiger partial charge in [-0.1, -0.05) is 63.9 Å². The first kappa shape index (κ1) is 21.0. The number of nitrogens with zero attached hydrogens (tertiary/aromatic N) is 3. The van der Waals surface area contributed by atoms with Crippen LogP contribution in [0.15, 0.2) is 83.3 Å². The van der Waals surface area contributed by atoms with Gasteiger partial charge in [0.05, 0.1) is 16.8 Å². The Kier molecular flexibility index (Phi) is 5.85. The summed E-state index contributed by atoms with van der Waals surface area (Å²) in [7, 11) is 0. The molecule has 0 aliphatic carbocycles. The standard InChI is InChI=1S/C26H21BrClN3O/c27-19-6-3-5-18(15-19)25-17-23(22-9-1-2-10-24(22)29-25)26(32)31-13-11-30(12-14-31)21-8-4-7-20(28)16-21/h1-10,15-17H,11-14H2. The summed E-state index contributed by atoms with van der Waals surface area (Å²) in [5.74, 6) is 0.0468. The number of carbonyl (C=O) groups excluding carboxylic acids is 1. The lowest BCUT2D eigenvalue weighted by Crippen LogP contribution is -2.48. The van der Waals surface area contributed by atoms with Gasteiger partial charge in [-0.15, -0.1) is 0 Å². The van der Waals surface area contributed by atoms with Crippen molar-refractivity contribution in [3.05, 3.63) is 93.9 Å². The van der Waals surface area contributed by atoms with E-state index in [0.717, 1.165) is 50.4 Å². The number of halogens is 2. The molecular weight excluding hydrogens is 486 g/mol. The number of hydrogen-bond acceptors (Lipinski definition) is 3. The van der Waals surface area contributed by atoms with Crippen molar-refractivity contribution in [3.8, 4) is 11.3 Å². The first-order valence-electron chi connectivity index (χ1n) is 10.5. The molecule has 2 heterocycles. The number of carbonyl (C=O) groups is 1. The zero-order valence-corrected chi connectivity index (χ0v) is 19.7. The van der Waals surface area contributed by atoms with Gasteiger partial charge >= 0.3 is 0 Å². The zero-order chi connectivity index (χ0) is 22.1. The highest BCUT2D eigenvalue weighted by molar-refractivity contribution is 9.10. The molecule has 1 amide bonds. The Morgan fingerprint density at radius 3 is 2.44 bits per heavy atom. The summed E-state index contributed by atoms with van der Waals surface area (Å²) in [5, 5.41) is 1.61. The number of para-hydroxylation sites is 1. The molecule has 0 radical (unpaired) electrons. The summed E-state index contributed by atoms with van der Waals surface area (Å²) >= 11 is 9.69. The highest BCUT2D eigenvalue weighted by atomic mass is 79.9. The lowest BCUT2D eigenvalue weighted by Gasteiger charge is -2.36. The third kappa shape index (κ3) is 4.23. The maximum absolute atomic E-state index is 13.6. The zero-order valence-electron chi connectivity index (χ0n) is 17.3. The number of fused-ring (bicyclic) bond motifs is 1. The van der Waals surface area contributed by atoms with Crippen LogP contribution in [0.1, 0.15) is 10.4 Å². The Labute approximate surface area is 200 Å². The van der Waals surface area contributed by atoms with Gasteiger partial charge in [-0.05, 0) is 42.5 Å². The molecule has 1 aliphatic heterocycles. The minimum absolute atomic E-state index is 0.0468. The summed E-state index contributed by atoms with van der Waals surface area (Å²) in [6.45, 7) is 2.86. The van der Waals surface area contributed by atoms with E-state index in [1.54, 1.807) is 0 Å². The Morgan fingerprint density at radius 2 is 1.66 bits per heavy atom. The van der Waals surface area contributed by atoms with Crippen LogP contribution in [-0.2, 0) is 0 Å². The van der Waals surface area contributed by atoms with Gasteiger partial charge in [-0.2, -0.15) is 0 Å². The van der Waals surface area contributed by atoms with Gasteiger partial charge < -0.3 is 9.80 Å². The number of amides is 1. The molecule has 0 atom stereocenters. The van der Waals surface area contributed by atoms with Crippen molar-refractivity contribution in [2.75, 3.05) is 31.1 Å². The lowest BCUT2D eigenvalue weighted by molar-refractivity contribution is 0.0748. The number of pyridine rings is 1. The van der Waals surface area contributed by atoms with E-state index in [2.05, 4.69) is 26.9 Å². The molecule has 6 heteroatoms. The van der Waals surface area contributed by atoms with Crippen LogP contribution in [0.3, 0.4) is 0 Å². The van der Waals surface area contributed by atoms with Crippen molar-refractivity contribution in [2.45, 2.75) is 0 Å². The van der Waals surface area contributed by atoms with Gasteiger partial charge in [0, 0.05) is 52.3 Å². The van der Waals surface area contributed by atoms with Crippen molar-refractivity contribution in [1.82, 2.24) is 9.88 Å². The van der Waals surface area contributed by atoms with Crippen LogP contribution in [-0.4, -0.2) is 42.0 Å². The van der Waals surface area contributed by atoms with Crippen LogP contribution in [0.4, 0.5) is 5.69 Å². The Hall–Kier alpha value is -2.89. The Bertz CT molecular complexity index is 1300. The molecule has 32 heavy (non-hydrogen) atoms. The second kappa shape index (κ2) is 8.93. The molecule has 1 fully saturated rings. The number of piperazine rings is 1. The van der Waals surface area contributed by atoms with E-state index < -0.39 is 0 Å². The number of benzene rings is 3. The summed E-state index contributed by atoms with van der Waals surface area (Å²) in [6.07, 6.45) is 0. The molecule has 4 aromatic rings. The van der Waals surface area contributed by atoms with E-state index in [9.17, 15) is 4.79 Å². The molecule has 5 rings (SSSR count). The smallest absolute Gasteiger partial charge is 0.254 e. The third-order valence-electron chi connectivity index (χ3n) is 5.81. The molecule has 0 bridgehead atoms. The van der Waals surface area contributed by atoms with E-state index >= 15 is 0 Å². The predicted molar refractivity (Wildman–Crippen MR) is 134 cm³/mol. The fourth-order valence-corrected chi connectivity index (χ4v) is 4.74. The second-order valence-electron chi connectivity index (χ2n) is 7.84. The van der Waals surface area contributed by atoms with Crippen molar-refractivity contribution in [2.24, 2.45) is 0 Å². The molecule has 0 N–H and O–H groups in total. The van der Waals surface area contributed by atoms with E-state index in [4.69, 9.17) is 16.6 Å². The number of anilines is 1. The first-order chi connectivity index (χ1) is 15.6. The average Bonchev–Trinajstić information content (AvgIpc) is 2.83. The van der Waals surface area contributed by atoms with Gasteiger partial charge in [0.1, 0.15) is 0 Å². The second-order valence-corrected chi connectivity index (χ2v) is 9.19. The molecule has 1 saturated heterocycles. The molecule has 1 aliphatic rings. The topological polar surface area (TPSA) is 36.4 Å². The quantitative estimate of drug-likeness (QED) is 0.328. The fourth-order valence-electron chi connectivity index (χ4n) is 4.16. The monoisotopic (exact) mass is 505 g/mol. The highest BCUT2D eigenvalue weighted by Crippen LogP contribution is 2.28. The van der Waals surface area contributed by atoms with Crippen molar-refractivity contribution in [3.63, 3.8) is 0 Å². The van der Waals surface area contributed by atoms with Crippen molar-refractivity contribution in [1.29, 1.82) is 0 Å². The van der Waals surface area contributed by atoms with E-state index in [-0.39, 0.29) is 5.91 Å². The molecule has 160 valence electrons. The summed E-state index contributed by atoms with van der Waals surface area (Å²) in [5.41, 5.74) is 4.39. The van der Waals surface area contributed by atoms with Gasteiger partial charge in [-0.25, -0.2) is 4.98 Å².